The van der Waals surface area contributed by atoms with E-state index in [0.29, 0.717) is 0 Å². The molecule has 0 unspecified atom stereocenters. The lowest BCUT2D eigenvalue weighted by Crippen LogP contribution is -2.17. The van der Waals surface area contributed by atoms with E-state index >= 15 is 0 Å². The Morgan fingerprint density at radius 2 is 2.00 bits per heavy atom. The lowest BCUT2D eigenvalue weighted by Gasteiger charge is -1.96. The summed E-state index contributed by atoms with van der Waals surface area (Å²) in [5, 5.41) is 19.4. The highest BCUT2D eigenvalue weighted by atomic mass is 16.4. The average Bonchev–Trinajstić information content (AvgIpc) is 2.17. The number of rotatable bonds is 2. The van der Waals surface area contributed by atoms with Crippen LogP contribution in [0.4, 0.5) is 0 Å². The van der Waals surface area contributed by atoms with Crippen LogP contribution in [0.5, 0.6) is 0 Å². The van der Waals surface area contributed by atoms with E-state index in [9.17, 15) is 4.79 Å². The van der Waals surface area contributed by atoms with Crippen LogP contribution in [0.2, 0.25) is 0 Å². The zero-order valence-electron chi connectivity index (χ0n) is 6.38. The Bertz CT molecular complexity index is 345. The maximum atomic E-state index is 10.4. The predicted octanol–water partition coefficient (Wildman–Crippen LogP) is -0.731. The molecule has 0 fully saturated rings. The maximum absolute atomic E-state index is 10.4. The SMILES string of the molecule is N/C(=N/O)c1ncc(C(=O)O)cn1. The van der Waals surface area contributed by atoms with Gasteiger partial charge in [0.15, 0.2) is 5.82 Å². The van der Waals surface area contributed by atoms with Crippen molar-refractivity contribution in [2.24, 2.45) is 10.9 Å². The third kappa shape index (κ3) is 1.89. The molecule has 0 radical (unpaired) electrons. The molecule has 0 aliphatic carbocycles. The summed E-state index contributed by atoms with van der Waals surface area (Å²) in [5.41, 5.74) is 5.09. The van der Waals surface area contributed by atoms with Crippen LogP contribution in [0.3, 0.4) is 0 Å². The van der Waals surface area contributed by atoms with Crippen molar-refractivity contribution in [1.29, 1.82) is 0 Å². The van der Waals surface area contributed by atoms with Crippen molar-refractivity contribution in [2.75, 3.05) is 0 Å². The van der Waals surface area contributed by atoms with Gasteiger partial charge in [-0.25, -0.2) is 14.8 Å². The van der Waals surface area contributed by atoms with Crippen molar-refractivity contribution in [2.45, 2.75) is 0 Å². The van der Waals surface area contributed by atoms with Crippen LogP contribution in [0.1, 0.15) is 16.2 Å². The summed E-state index contributed by atoms with van der Waals surface area (Å²) in [6.07, 6.45) is 2.14. The van der Waals surface area contributed by atoms with Crippen molar-refractivity contribution >= 4 is 11.8 Å². The van der Waals surface area contributed by atoms with Crippen LogP contribution in [0.25, 0.3) is 0 Å². The number of aromatic nitrogens is 2. The van der Waals surface area contributed by atoms with Crippen LogP contribution < -0.4 is 5.73 Å². The Morgan fingerprint density at radius 1 is 1.46 bits per heavy atom. The average molecular weight is 182 g/mol. The zero-order chi connectivity index (χ0) is 9.84. The van der Waals surface area contributed by atoms with E-state index in [-0.39, 0.29) is 17.2 Å². The Hall–Kier alpha value is -2.18. The van der Waals surface area contributed by atoms with Gasteiger partial charge < -0.3 is 16.0 Å². The molecule has 4 N–H and O–H groups in total. The molecule has 1 aromatic rings. The highest BCUT2D eigenvalue weighted by molar-refractivity contribution is 5.94. The van der Waals surface area contributed by atoms with Gasteiger partial charge in [0.05, 0.1) is 5.56 Å². The van der Waals surface area contributed by atoms with Gasteiger partial charge >= 0.3 is 5.97 Å². The highest BCUT2D eigenvalue weighted by Gasteiger charge is 2.06. The summed E-state index contributed by atoms with van der Waals surface area (Å²) in [6.45, 7) is 0. The first-order chi connectivity index (χ1) is 6.15. The topological polar surface area (TPSA) is 122 Å². The maximum Gasteiger partial charge on any atom is 0.338 e. The highest BCUT2D eigenvalue weighted by Crippen LogP contribution is 1.95. The number of hydrogen-bond acceptors (Lipinski definition) is 5. The molecule has 13 heavy (non-hydrogen) atoms. The third-order valence-electron chi connectivity index (χ3n) is 1.24. The van der Waals surface area contributed by atoms with E-state index in [2.05, 4.69) is 15.1 Å². The Morgan fingerprint density at radius 3 is 2.38 bits per heavy atom. The van der Waals surface area contributed by atoms with E-state index in [1.165, 1.54) is 0 Å². The molecule has 1 rings (SSSR count). The molecule has 0 saturated heterocycles. The van der Waals surface area contributed by atoms with Gasteiger partial charge in [0.2, 0.25) is 5.84 Å². The molecule has 0 bridgehead atoms. The van der Waals surface area contributed by atoms with Gasteiger partial charge in [0.25, 0.3) is 0 Å². The van der Waals surface area contributed by atoms with Gasteiger partial charge in [-0.15, -0.1) is 0 Å². The van der Waals surface area contributed by atoms with Gasteiger partial charge in [0.1, 0.15) is 0 Å². The normalized spacial score (nSPS) is 11.2. The second-order valence-electron chi connectivity index (χ2n) is 2.09. The fraction of sp³-hybridized carbons (Fsp3) is 0. The molecule has 0 aromatic carbocycles. The first-order valence-electron chi connectivity index (χ1n) is 3.18. The number of nitrogens with zero attached hydrogens (tertiary/aromatic N) is 3. The van der Waals surface area contributed by atoms with Crippen molar-refractivity contribution in [1.82, 2.24) is 9.97 Å². The van der Waals surface area contributed by atoms with Gasteiger partial charge in [-0.1, -0.05) is 5.16 Å². The molecule has 7 heteroatoms. The van der Waals surface area contributed by atoms with Crippen LogP contribution in [-0.4, -0.2) is 32.1 Å². The smallest absolute Gasteiger partial charge is 0.338 e. The molecule has 0 saturated carbocycles. The number of carbonyl (C=O) groups is 1. The Kier molecular flexibility index (Phi) is 2.38. The van der Waals surface area contributed by atoms with Crippen LogP contribution >= 0.6 is 0 Å². The first-order valence-corrected chi connectivity index (χ1v) is 3.18. The Labute approximate surface area is 72.5 Å². The summed E-state index contributed by atoms with van der Waals surface area (Å²) >= 11 is 0. The Balaban J connectivity index is 3.00. The molecule has 0 spiro atoms. The molecule has 7 nitrogen and oxygen atoms in total. The van der Waals surface area contributed by atoms with Crippen LogP contribution in [-0.2, 0) is 0 Å². The number of nitrogens with two attached hydrogens (primary N) is 1. The van der Waals surface area contributed by atoms with E-state index in [1.54, 1.807) is 0 Å². The van der Waals surface area contributed by atoms with Crippen molar-refractivity contribution in [3.05, 3.63) is 23.8 Å². The lowest BCUT2D eigenvalue weighted by atomic mass is 10.3. The van der Waals surface area contributed by atoms with E-state index < -0.39 is 5.97 Å². The largest absolute Gasteiger partial charge is 0.478 e. The molecule has 68 valence electrons. The van der Waals surface area contributed by atoms with Gasteiger partial charge in [-0.2, -0.15) is 0 Å². The number of carboxylic acid groups (broad SMARTS) is 1. The van der Waals surface area contributed by atoms with Gasteiger partial charge in [0, 0.05) is 12.4 Å². The quantitative estimate of drug-likeness (QED) is 0.240. The second kappa shape index (κ2) is 3.48. The minimum absolute atomic E-state index is 0.0208. The molecule has 1 aromatic heterocycles. The van der Waals surface area contributed by atoms with Crippen molar-refractivity contribution in [3.8, 4) is 0 Å². The van der Waals surface area contributed by atoms with Gasteiger partial charge in [-0.05, 0) is 0 Å². The molecular formula is C6H6N4O3. The zero-order valence-corrected chi connectivity index (χ0v) is 6.38. The molecule has 0 aliphatic rings. The number of aromatic carboxylic acids is 1. The molecular weight excluding hydrogens is 176 g/mol. The van der Waals surface area contributed by atoms with Gasteiger partial charge in [-0.3, -0.25) is 0 Å². The van der Waals surface area contributed by atoms with E-state index in [0.717, 1.165) is 12.4 Å². The molecule has 1 heterocycles. The second-order valence-corrected chi connectivity index (χ2v) is 2.09. The minimum atomic E-state index is -1.13. The number of carboxylic acids is 1. The summed E-state index contributed by atoms with van der Waals surface area (Å²) < 4.78 is 0. The third-order valence-corrected chi connectivity index (χ3v) is 1.24. The lowest BCUT2D eigenvalue weighted by molar-refractivity contribution is 0.0696. The van der Waals surface area contributed by atoms with Crippen molar-refractivity contribution < 1.29 is 15.1 Å². The summed E-state index contributed by atoms with van der Waals surface area (Å²) in [4.78, 5) is 17.5. The summed E-state index contributed by atoms with van der Waals surface area (Å²) in [7, 11) is 0. The van der Waals surface area contributed by atoms with Crippen LogP contribution in [0.15, 0.2) is 17.5 Å². The van der Waals surface area contributed by atoms with E-state index in [1.807, 2.05) is 0 Å². The summed E-state index contributed by atoms with van der Waals surface area (Å²) in [5.74, 6) is -1.42. The predicted molar refractivity (Wildman–Crippen MR) is 41.5 cm³/mol. The fourth-order valence-electron chi connectivity index (χ4n) is 0.615. The number of amidine groups is 1. The monoisotopic (exact) mass is 182 g/mol. The molecule has 0 atom stereocenters. The number of oxime groups is 1. The molecule has 0 aliphatic heterocycles. The first kappa shape index (κ1) is 8.91. The number of hydrogen-bond donors (Lipinski definition) is 3. The fourth-order valence-corrected chi connectivity index (χ4v) is 0.615. The van der Waals surface area contributed by atoms with Crippen LogP contribution in [0, 0.1) is 0 Å². The minimum Gasteiger partial charge on any atom is -0.478 e. The van der Waals surface area contributed by atoms with E-state index in [4.69, 9.17) is 16.0 Å². The summed E-state index contributed by atoms with van der Waals surface area (Å²) in [6, 6.07) is 0. The molecule has 0 amide bonds. The standard InChI is InChI=1S/C6H6N4O3/c7-4(10-13)5-8-1-3(2-9-5)6(11)12/h1-2,13H,(H2,7,10)(H,11,12). The van der Waals surface area contributed by atoms with Crippen molar-refractivity contribution in [3.63, 3.8) is 0 Å².